The van der Waals surface area contributed by atoms with Gasteiger partial charge in [-0.05, 0) is 31.4 Å². The van der Waals surface area contributed by atoms with Gasteiger partial charge in [-0.3, -0.25) is 14.9 Å². The average molecular weight is 259 g/mol. The smallest absolute Gasteiger partial charge is 0.252 e. The van der Waals surface area contributed by atoms with Gasteiger partial charge in [-0.2, -0.15) is 0 Å². The Morgan fingerprint density at radius 2 is 2.05 bits per heavy atom. The van der Waals surface area contributed by atoms with Gasteiger partial charge in [0.1, 0.15) is 0 Å². The Kier molecular flexibility index (Phi) is 3.40. The van der Waals surface area contributed by atoms with Gasteiger partial charge >= 0.3 is 0 Å². The maximum Gasteiger partial charge on any atom is 0.252 e. The molecule has 2 rings (SSSR count). The van der Waals surface area contributed by atoms with Crippen molar-refractivity contribution in [1.82, 2.24) is 10.3 Å². The Hall–Kier alpha value is -2.14. The number of nitrogens with one attached hydrogen (secondary N) is 2. The first-order valence-electron chi connectivity index (χ1n) is 6.06. The minimum absolute atomic E-state index is 0.161. The number of primary amides is 1. The van der Waals surface area contributed by atoms with Crippen LogP contribution in [0.1, 0.15) is 19.4 Å². The number of hydrogen-bond donors (Lipinski definition) is 3. The molecular weight excluding hydrogens is 242 g/mol. The summed E-state index contributed by atoms with van der Waals surface area (Å²) < 4.78 is 0. The highest BCUT2D eigenvalue weighted by Crippen LogP contribution is 2.10. The van der Waals surface area contributed by atoms with E-state index in [2.05, 4.69) is 10.3 Å². The number of fused-ring (bicyclic) bond motifs is 1. The summed E-state index contributed by atoms with van der Waals surface area (Å²) in [6.45, 7) is 3.66. The zero-order chi connectivity index (χ0) is 14.0. The Bertz CT molecular complexity index is 674. The van der Waals surface area contributed by atoms with E-state index in [4.69, 9.17) is 5.73 Å². The molecule has 0 bridgehead atoms. The highest BCUT2D eigenvalue weighted by molar-refractivity contribution is 5.83. The third-order valence-electron chi connectivity index (χ3n) is 3.17. The van der Waals surface area contributed by atoms with Gasteiger partial charge in [-0.15, -0.1) is 0 Å². The van der Waals surface area contributed by atoms with Crippen molar-refractivity contribution in [3.63, 3.8) is 0 Å². The summed E-state index contributed by atoms with van der Waals surface area (Å²) in [4.78, 5) is 25.9. The van der Waals surface area contributed by atoms with Crippen molar-refractivity contribution in [2.45, 2.75) is 25.9 Å². The number of aromatic amines is 1. The van der Waals surface area contributed by atoms with Gasteiger partial charge in [0.05, 0.1) is 5.54 Å². The van der Waals surface area contributed by atoms with Crippen LogP contribution in [0.3, 0.4) is 0 Å². The molecule has 0 aliphatic heterocycles. The van der Waals surface area contributed by atoms with E-state index in [9.17, 15) is 9.59 Å². The van der Waals surface area contributed by atoms with Crippen molar-refractivity contribution in [3.05, 3.63) is 46.2 Å². The zero-order valence-electron chi connectivity index (χ0n) is 11.0. The van der Waals surface area contributed by atoms with Crippen molar-refractivity contribution in [2.75, 3.05) is 0 Å². The van der Waals surface area contributed by atoms with E-state index in [1.54, 1.807) is 13.8 Å². The van der Waals surface area contributed by atoms with Crippen LogP contribution in [-0.2, 0) is 11.3 Å². The number of amides is 1. The summed E-state index contributed by atoms with van der Waals surface area (Å²) in [6.07, 6.45) is 0. The molecular formula is C14H17N3O2. The van der Waals surface area contributed by atoms with Crippen molar-refractivity contribution in [1.29, 1.82) is 0 Å². The lowest BCUT2D eigenvalue weighted by molar-refractivity contribution is -0.123. The lowest BCUT2D eigenvalue weighted by atomic mass is 10.0. The Balaban J connectivity index is 2.29. The topological polar surface area (TPSA) is 88.0 Å². The minimum atomic E-state index is -0.849. The molecule has 1 heterocycles. The second-order valence-electron chi connectivity index (χ2n) is 5.05. The third kappa shape index (κ3) is 2.82. The lowest BCUT2D eigenvalue weighted by Gasteiger charge is -2.22. The molecule has 19 heavy (non-hydrogen) atoms. The molecule has 5 heteroatoms. The largest absolute Gasteiger partial charge is 0.368 e. The van der Waals surface area contributed by atoms with E-state index in [1.165, 1.54) is 0 Å². The zero-order valence-corrected chi connectivity index (χ0v) is 11.0. The number of benzene rings is 1. The molecule has 0 unspecified atom stereocenters. The number of carbonyl (C=O) groups excluding carboxylic acids is 1. The maximum absolute atomic E-state index is 11.9. The second kappa shape index (κ2) is 4.85. The number of pyridine rings is 1. The van der Waals surface area contributed by atoms with Gasteiger partial charge in [0, 0.05) is 17.6 Å². The molecule has 1 aromatic heterocycles. The summed E-state index contributed by atoms with van der Waals surface area (Å²) in [7, 11) is 0. The number of para-hydroxylation sites is 1. The monoisotopic (exact) mass is 259 g/mol. The highest BCUT2D eigenvalue weighted by Gasteiger charge is 2.24. The highest BCUT2D eigenvalue weighted by atomic mass is 16.1. The molecule has 1 amide bonds. The summed E-state index contributed by atoms with van der Waals surface area (Å²) in [5.74, 6) is -0.454. The van der Waals surface area contributed by atoms with Gasteiger partial charge in [0.15, 0.2) is 0 Å². The van der Waals surface area contributed by atoms with Crippen molar-refractivity contribution in [3.8, 4) is 0 Å². The summed E-state index contributed by atoms with van der Waals surface area (Å²) in [6, 6.07) is 9.37. The van der Waals surface area contributed by atoms with Gasteiger partial charge in [0.25, 0.3) is 5.56 Å². The Morgan fingerprint density at radius 1 is 1.37 bits per heavy atom. The number of nitrogens with two attached hydrogens (primary N) is 1. The summed E-state index contributed by atoms with van der Waals surface area (Å²) in [5, 5.41) is 3.94. The first kappa shape index (κ1) is 13.3. The fraction of sp³-hybridized carbons (Fsp3) is 0.286. The normalized spacial score (nSPS) is 11.7. The average Bonchev–Trinajstić information content (AvgIpc) is 2.36. The first-order valence-corrected chi connectivity index (χ1v) is 6.06. The van der Waals surface area contributed by atoms with Crippen LogP contribution in [0.5, 0.6) is 0 Å². The number of carbonyl (C=O) groups is 1. The Morgan fingerprint density at radius 3 is 2.74 bits per heavy atom. The standard InChI is InChI=1S/C14H17N3O2/c1-14(2,13(15)19)16-8-10-7-9-5-3-4-6-11(9)17-12(10)18/h3-7,16H,8H2,1-2H3,(H2,15,19)(H,17,18). The summed E-state index contributed by atoms with van der Waals surface area (Å²) >= 11 is 0. The number of rotatable bonds is 4. The van der Waals surface area contributed by atoms with E-state index in [0.29, 0.717) is 5.56 Å². The maximum atomic E-state index is 11.9. The van der Waals surface area contributed by atoms with Crippen molar-refractivity contribution in [2.24, 2.45) is 5.73 Å². The molecule has 2 aromatic rings. The van der Waals surface area contributed by atoms with Crippen LogP contribution < -0.4 is 16.6 Å². The van der Waals surface area contributed by atoms with Gasteiger partial charge in [-0.1, -0.05) is 18.2 Å². The van der Waals surface area contributed by atoms with Crippen LogP contribution in [-0.4, -0.2) is 16.4 Å². The third-order valence-corrected chi connectivity index (χ3v) is 3.17. The van der Waals surface area contributed by atoms with E-state index < -0.39 is 11.4 Å². The predicted octanol–water partition coefficient (Wildman–Crippen LogP) is 0.882. The van der Waals surface area contributed by atoms with Crippen LogP contribution in [0.4, 0.5) is 0 Å². The molecule has 0 aliphatic carbocycles. The van der Waals surface area contributed by atoms with Crippen LogP contribution in [0, 0.1) is 0 Å². The molecule has 5 nitrogen and oxygen atoms in total. The minimum Gasteiger partial charge on any atom is -0.368 e. The second-order valence-corrected chi connectivity index (χ2v) is 5.05. The first-order chi connectivity index (χ1) is 8.90. The van der Waals surface area contributed by atoms with E-state index in [-0.39, 0.29) is 12.1 Å². The van der Waals surface area contributed by atoms with Crippen LogP contribution >= 0.6 is 0 Å². The van der Waals surface area contributed by atoms with Gasteiger partial charge < -0.3 is 10.7 Å². The van der Waals surface area contributed by atoms with E-state index in [0.717, 1.165) is 10.9 Å². The molecule has 0 radical (unpaired) electrons. The number of hydrogen-bond acceptors (Lipinski definition) is 3. The van der Waals surface area contributed by atoms with Crippen LogP contribution in [0.2, 0.25) is 0 Å². The van der Waals surface area contributed by atoms with Crippen LogP contribution in [0.25, 0.3) is 10.9 Å². The number of aromatic nitrogens is 1. The predicted molar refractivity (Wildman–Crippen MR) is 74.7 cm³/mol. The van der Waals surface area contributed by atoms with Crippen molar-refractivity contribution >= 4 is 16.8 Å². The van der Waals surface area contributed by atoms with Crippen LogP contribution in [0.15, 0.2) is 35.1 Å². The van der Waals surface area contributed by atoms with E-state index in [1.807, 2.05) is 30.3 Å². The van der Waals surface area contributed by atoms with Crippen molar-refractivity contribution < 1.29 is 4.79 Å². The molecule has 0 spiro atoms. The molecule has 1 aromatic carbocycles. The molecule has 0 fully saturated rings. The van der Waals surface area contributed by atoms with Gasteiger partial charge in [0.2, 0.25) is 5.91 Å². The molecule has 4 N–H and O–H groups in total. The van der Waals surface area contributed by atoms with E-state index >= 15 is 0 Å². The fourth-order valence-electron chi connectivity index (χ4n) is 1.73. The molecule has 100 valence electrons. The molecule has 0 aliphatic rings. The quantitative estimate of drug-likeness (QED) is 0.761. The molecule has 0 saturated carbocycles. The Labute approximate surface area is 110 Å². The SMILES string of the molecule is CC(C)(NCc1cc2ccccc2[nH]c1=O)C(N)=O. The van der Waals surface area contributed by atoms with Gasteiger partial charge in [-0.25, -0.2) is 0 Å². The number of H-pyrrole nitrogens is 1. The lowest BCUT2D eigenvalue weighted by Crippen LogP contribution is -2.50. The molecule has 0 saturated heterocycles. The fourth-order valence-corrected chi connectivity index (χ4v) is 1.73. The molecule has 0 atom stereocenters. The summed E-state index contributed by atoms with van der Waals surface area (Å²) in [5.41, 5.74) is 5.64.